The summed E-state index contributed by atoms with van der Waals surface area (Å²) in [6.07, 6.45) is 10.1. The number of nitrogens with one attached hydrogen (secondary N) is 2. The number of aromatic nitrogens is 2. The van der Waals surface area contributed by atoms with Gasteiger partial charge in [-0.1, -0.05) is 39.2 Å². The first-order valence-electron chi connectivity index (χ1n) is 14.5. The Labute approximate surface area is 225 Å². The lowest BCUT2D eigenvalue weighted by atomic mass is 9.69. The number of aliphatic hydroxyl groups excluding tert-OH is 1. The first-order valence-corrected chi connectivity index (χ1v) is 14.5. The van der Waals surface area contributed by atoms with Crippen molar-refractivity contribution >= 4 is 23.3 Å². The first-order chi connectivity index (χ1) is 18.2. The molecule has 5 N–H and O–H groups in total. The van der Waals surface area contributed by atoms with Gasteiger partial charge in [-0.3, -0.25) is 4.79 Å². The zero-order valence-electron chi connectivity index (χ0n) is 22.7. The predicted octanol–water partition coefficient (Wildman–Crippen LogP) is 4.69. The highest BCUT2D eigenvalue weighted by Gasteiger charge is 2.45. The molecule has 1 aliphatic heterocycles. The van der Waals surface area contributed by atoms with Crippen LogP contribution in [0.4, 0.5) is 16.0 Å². The summed E-state index contributed by atoms with van der Waals surface area (Å²) < 4.78 is 14.2. The number of amides is 1. The van der Waals surface area contributed by atoms with Gasteiger partial charge >= 0.3 is 0 Å². The van der Waals surface area contributed by atoms with Crippen LogP contribution in [0, 0.1) is 35.0 Å². The molecule has 0 saturated heterocycles. The van der Waals surface area contributed by atoms with Crippen LogP contribution in [-0.4, -0.2) is 56.5 Å². The van der Waals surface area contributed by atoms with Gasteiger partial charge in [0.25, 0.3) is 0 Å². The number of alkyl halides is 1. The molecule has 2 heterocycles. The Morgan fingerprint density at radius 1 is 1.13 bits per heavy atom. The van der Waals surface area contributed by atoms with Crippen molar-refractivity contribution in [3.05, 3.63) is 23.7 Å². The minimum absolute atomic E-state index is 0.0476. The minimum Gasteiger partial charge on any atom is -0.393 e. The summed E-state index contributed by atoms with van der Waals surface area (Å²) in [7, 11) is 0. The lowest BCUT2D eigenvalue weighted by Gasteiger charge is -2.48. The second-order valence-electron chi connectivity index (χ2n) is 12.2. The number of halogens is 1. The normalized spacial score (nSPS) is 35.8. The van der Waals surface area contributed by atoms with Gasteiger partial charge in [0.15, 0.2) is 0 Å². The Balaban J connectivity index is 1.42. The number of carbonyl (C=O) groups excluding carboxylic acids is 1. The average molecular weight is 527 g/mol. The number of hydrogen-bond acceptors (Lipinski definition) is 7. The first kappa shape index (κ1) is 27.0. The van der Waals surface area contributed by atoms with Gasteiger partial charge in [0.1, 0.15) is 24.1 Å². The number of rotatable bonds is 6. The summed E-state index contributed by atoms with van der Waals surface area (Å²) in [4.78, 5) is 24.7. The van der Waals surface area contributed by atoms with E-state index in [0.29, 0.717) is 36.2 Å². The maximum Gasteiger partial charge on any atom is 0.231 e. The van der Waals surface area contributed by atoms with Crippen LogP contribution in [0.1, 0.15) is 83.6 Å². The highest BCUT2D eigenvalue weighted by molar-refractivity contribution is 6.07. The van der Waals surface area contributed by atoms with E-state index in [1.165, 1.54) is 12.7 Å². The molecule has 8 unspecified atom stereocenters. The smallest absolute Gasteiger partial charge is 0.231 e. The highest BCUT2D eigenvalue weighted by atomic mass is 19.1. The summed E-state index contributed by atoms with van der Waals surface area (Å²) in [5.74, 6) is 1.51. The average Bonchev–Trinajstić information content (AvgIpc) is 2.87. The number of aliphatic hydroxyl groups is 1. The second kappa shape index (κ2) is 11.3. The molecule has 3 aliphatic carbocycles. The molecule has 4 aliphatic rings. The molecular weight excluding hydrogens is 483 g/mol. The Morgan fingerprint density at radius 3 is 2.66 bits per heavy atom. The molecule has 8 atom stereocenters. The van der Waals surface area contributed by atoms with Crippen molar-refractivity contribution in [3.63, 3.8) is 0 Å². The molecule has 1 amide bonds. The fraction of sp³-hybridized carbons (Fsp3) is 0.724. The molecular formula is C29H43FN6O2. The Bertz CT molecular complexity index is 1070. The lowest BCUT2D eigenvalue weighted by molar-refractivity contribution is -0.143. The van der Waals surface area contributed by atoms with Gasteiger partial charge in [0, 0.05) is 35.7 Å². The van der Waals surface area contributed by atoms with Crippen LogP contribution in [0.25, 0.3) is 0 Å². The fourth-order valence-corrected chi connectivity index (χ4v) is 7.53. The van der Waals surface area contributed by atoms with E-state index in [1.54, 1.807) is 0 Å². The third kappa shape index (κ3) is 5.31. The summed E-state index contributed by atoms with van der Waals surface area (Å²) in [6, 6.07) is 0.192. The Kier molecular flexibility index (Phi) is 8.03. The van der Waals surface area contributed by atoms with Crippen LogP contribution in [-0.2, 0) is 4.79 Å². The molecule has 1 aromatic rings. The SMILES string of the molecule is CC1CCCC2C=C(CNc3ncnc(N)c3C(=N)C3CC(O)CC(F)C3)N(C3CCCCC3C)C(=O)C12. The molecule has 0 aromatic carbocycles. The van der Waals surface area contributed by atoms with Crippen LogP contribution in [0.15, 0.2) is 18.1 Å². The molecule has 9 heteroatoms. The van der Waals surface area contributed by atoms with Crippen molar-refractivity contribution in [3.8, 4) is 0 Å². The highest BCUT2D eigenvalue weighted by Crippen LogP contribution is 2.44. The van der Waals surface area contributed by atoms with E-state index in [1.807, 2.05) is 0 Å². The Hall–Kier alpha value is -2.55. The number of hydrogen-bond donors (Lipinski definition) is 4. The number of carbonyl (C=O) groups is 1. The lowest BCUT2D eigenvalue weighted by Crippen LogP contribution is -2.53. The molecule has 0 radical (unpaired) electrons. The van der Waals surface area contributed by atoms with E-state index in [2.05, 4.69) is 40.1 Å². The molecule has 5 rings (SSSR count). The second-order valence-corrected chi connectivity index (χ2v) is 12.2. The van der Waals surface area contributed by atoms with Gasteiger partial charge < -0.3 is 26.5 Å². The van der Waals surface area contributed by atoms with Crippen molar-refractivity contribution < 1.29 is 14.3 Å². The zero-order valence-corrected chi connectivity index (χ0v) is 22.7. The molecule has 0 bridgehead atoms. The van der Waals surface area contributed by atoms with Crippen LogP contribution in [0.3, 0.4) is 0 Å². The zero-order chi connectivity index (χ0) is 27.0. The quantitative estimate of drug-likeness (QED) is 0.398. The van der Waals surface area contributed by atoms with Crippen molar-refractivity contribution in [1.29, 1.82) is 5.41 Å². The molecule has 3 saturated carbocycles. The number of allylic oxidation sites excluding steroid dienone is 1. The van der Waals surface area contributed by atoms with Gasteiger partial charge in [-0.15, -0.1) is 0 Å². The van der Waals surface area contributed by atoms with Gasteiger partial charge in [0.05, 0.1) is 18.2 Å². The third-order valence-electron chi connectivity index (χ3n) is 9.52. The van der Waals surface area contributed by atoms with Crippen LogP contribution >= 0.6 is 0 Å². The number of nitrogen functional groups attached to an aromatic ring is 1. The molecule has 208 valence electrons. The van der Waals surface area contributed by atoms with E-state index in [4.69, 9.17) is 11.1 Å². The number of anilines is 2. The fourth-order valence-electron chi connectivity index (χ4n) is 7.53. The Morgan fingerprint density at radius 2 is 1.89 bits per heavy atom. The number of fused-ring (bicyclic) bond motifs is 1. The molecule has 1 aromatic heterocycles. The van der Waals surface area contributed by atoms with Gasteiger partial charge in [-0.2, -0.15) is 0 Å². The minimum atomic E-state index is -1.15. The number of nitrogens with zero attached hydrogens (tertiary/aromatic N) is 3. The molecule has 8 nitrogen and oxygen atoms in total. The van der Waals surface area contributed by atoms with Crippen molar-refractivity contribution in [2.24, 2.45) is 29.6 Å². The van der Waals surface area contributed by atoms with Gasteiger partial charge in [-0.05, 0) is 56.3 Å². The maximum atomic E-state index is 14.2. The molecule has 3 fully saturated rings. The van der Waals surface area contributed by atoms with Gasteiger partial charge in [-0.25, -0.2) is 14.4 Å². The van der Waals surface area contributed by atoms with Crippen LogP contribution in [0.2, 0.25) is 0 Å². The monoisotopic (exact) mass is 526 g/mol. The van der Waals surface area contributed by atoms with E-state index in [0.717, 1.165) is 44.2 Å². The van der Waals surface area contributed by atoms with Crippen molar-refractivity contribution in [2.75, 3.05) is 17.6 Å². The van der Waals surface area contributed by atoms with Crippen molar-refractivity contribution in [1.82, 2.24) is 14.9 Å². The summed E-state index contributed by atoms with van der Waals surface area (Å²) in [5, 5.41) is 22.4. The predicted molar refractivity (Wildman–Crippen MR) is 146 cm³/mol. The number of nitrogens with two attached hydrogens (primary N) is 1. The standard InChI is InChI=1S/C29H43FN6O2/c1-16-6-3-4-9-23(16)36-21(11-18-8-5-7-17(2)24(18)29(36)38)14-33-28-25(27(32)34-15-35-28)26(31)19-10-20(30)13-22(37)12-19/h11,15-20,22-24,31,37H,3-10,12-14H2,1-2H3,(H3,32,33,34,35). The van der Waals surface area contributed by atoms with Crippen LogP contribution in [0.5, 0.6) is 0 Å². The van der Waals surface area contributed by atoms with E-state index < -0.39 is 18.2 Å². The summed E-state index contributed by atoms with van der Waals surface area (Å²) in [6.45, 7) is 4.88. The molecule has 0 spiro atoms. The third-order valence-corrected chi connectivity index (χ3v) is 9.52. The molecule has 38 heavy (non-hydrogen) atoms. The van der Waals surface area contributed by atoms with Crippen LogP contribution < -0.4 is 11.1 Å². The summed E-state index contributed by atoms with van der Waals surface area (Å²) >= 11 is 0. The largest absolute Gasteiger partial charge is 0.393 e. The van der Waals surface area contributed by atoms with Gasteiger partial charge in [0.2, 0.25) is 5.91 Å². The van der Waals surface area contributed by atoms with Crippen molar-refractivity contribution in [2.45, 2.75) is 96.4 Å². The summed E-state index contributed by atoms with van der Waals surface area (Å²) in [5.41, 5.74) is 7.73. The van der Waals surface area contributed by atoms with E-state index in [9.17, 15) is 14.3 Å². The topological polar surface area (TPSA) is 128 Å². The van der Waals surface area contributed by atoms with E-state index in [-0.39, 0.29) is 48.2 Å². The maximum absolute atomic E-state index is 14.2. The van der Waals surface area contributed by atoms with E-state index >= 15 is 0 Å².